The molecule has 1 fully saturated rings. The van der Waals surface area contributed by atoms with Gasteiger partial charge in [0.25, 0.3) is 0 Å². The lowest BCUT2D eigenvalue weighted by Gasteiger charge is -2.33. The van der Waals surface area contributed by atoms with Crippen molar-refractivity contribution in [2.24, 2.45) is 0 Å². The van der Waals surface area contributed by atoms with Gasteiger partial charge in [-0.05, 0) is 57.0 Å². The van der Waals surface area contributed by atoms with Gasteiger partial charge in [-0.1, -0.05) is 0 Å². The molecule has 1 atom stereocenters. The maximum absolute atomic E-state index is 12.3. The molecule has 2 N–H and O–H groups in total. The van der Waals surface area contributed by atoms with Crippen molar-refractivity contribution < 1.29 is 14.3 Å². The van der Waals surface area contributed by atoms with E-state index in [1.165, 1.54) is 7.11 Å². The van der Waals surface area contributed by atoms with Crippen molar-refractivity contribution in [3.63, 3.8) is 0 Å². The molecular weight excluding hydrogens is 292 g/mol. The van der Waals surface area contributed by atoms with Crippen molar-refractivity contribution in [3.05, 3.63) is 29.8 Å². The fraction of sp³-hybridized carbons (Fsp3) is 0.467. The number of benzene rings is 1. The lowest BCUT2D eigenvalue weighted by Crippen LogP contribution is -2.54. The minimum atomic E-state index is -0.515. The Morgan fingerprint density at radius 3 is 2.43 bits per heavy atom. The molecule has 1 aliphatic rings. The van der Waals surface area contributed by atoms with E-state index in [9.17, 15) is 9.59 Å². The molecule has 0 aromatic heterocycles. The van der Waals surface area contributed by atoms with E-state index in [0.717, 1.165) is 25.8 Å². The van der Waals surface area contributed by atoms with Crippen LogP contribution in [0, 0.1) is 0 Å². The highest BCUT2D eigenvalue weighted by Gasteiger charge is 2.34. The number of carbonyl (C=O) groups is 2. The highest BCUT2D eigenvalue weighted by molar-refractivity contribution is 5.98. The number of hydrogen-bond donors (Lipinski definition) is 2. The molecular formula is C15H21ClN2O3. The fourth-order valence-corrected chi connectivity index (χ4v) is 2.33. The van der Waals surface area contributed by atoms with Crippen molar-refractivity contribution in [1.29, 1.82) is 0 Å². The fourth-order valence-electron chi connectivity index (χ4n) is 2.33. The smallest absolute Gasteiger partial charge is 0.337 e. The first-order valence-electron chi connectivity index (χ1n) is 6.80. The average molecular weight is 313 g/mol. The Morgan fingerprint density at radius 1 is 1.24 bits per heavy atom. The molecule has 0 bridgehead atoms. The number of hydrogen-bond acceptors (Lipinski definition) is 4. The summed E-state index contributed by atoms with van der Waals surface area (Å²) in [6, 6.07) is 6.68. The maximum atomic E-state index is 12.3. The van der Waals surface area contributed by atoms with Gasteiger partial charge in [-0.3, -0.25) is 4.79 Å². The van der Waals surface area contributed by atoms with Gasteiger partial charge < -0.3 is 15.4 Å². The Bertz CT molecular complexity index is 496. The Hall–Kier alpha value is -1.59. The number of nitrogens with one attached hydrogen (secondary N) is 2. The average Bonchev–Trinajstić information content (AvgIpc) is 2.48. The molecule has 1 aliphatic heterocycles. The molecule has 116 valence electrons. The van der Waals surface area contributed by atoms with E-state index in [-0.39, 0.29) is 24.3 Å². The largest absolute Gasteiger partial charge is 0.465 e. The minimum absolute atomic E-state index is 0. The number of halogens is 1. The highest BCUT2D eigenvalue weighted by Crippen LogP contribution is 2.21. The summed E-state index contributed by atoms with van der Waals surface area (Å²) >= 11 is 0. The van der Waals surface area contributed by atoms with Crippen LogP contribution in [0.25, 0.3) is 0 Å². The quantitative estimate of drug-likeness (QED) is 0.841. The topological polar surface area (TPSA) is 67.4 Å². The summed E-state index contributed by atoms with van der Waals surface area (Å²) in [6.07, 6.45) is 2.99. The SMILES string of the molecule is COC(=O)c1ccc(NC(=O)C2(C)CCCCN2)cc1.Cl. The van der Waals surface area contributed by atoms with Gasteiger partial charge in [0.15, 0.2) is 0 Å². The molecule has 1 aromatic rings. The molecule has 0 aliphatic carbocycles. The van der Waals surface area contributed by atoms with Gasteiger partial charge in [-0.25, -0.2) is 4.79 Å². The number of ether oxygens (including phenoxy) is 1. The Kier molecular flexibility index (Phi) is 6.18. The van der Waals surface area contributed by atoms with Gasteiger partial charge in [-0.15, -0.1) is 12.4 Å². The number of rotatable bonds is 3. The zero-order valence-electron chi connectivity index (χ0n) is 12.3. The number of amides is 1. The molecule has 0 radical (unpaired) electrons. The van der Waals surface area contributed by atoms with Crippen LogP contribution in [0.4, 0.5) is 5.69 Å². The van der Waals surface area contributed by atoms with Crippen molar-refractivity contribution in [3.8, 4) is 0 Å². The van der Waals surface area contributed by atoms with E-state index in [2.05, 4.69) is 15.4 Å². The summed E-state index contributed by atoms with van der Waals surface area (Å²) in [5.41, 5.74) is 0.628. The number of methoxy groups -OCH3 is 1. The second-order valence-corrected chi connectivity index (χ2v) is 5.24. The van der Waals surface area contributed by atoms with Crippen LogP contribution in [-0.4, -0.2) is 31.1 Å². The van der Waals surface area contributed by atoms with Crippen LogP contribution in [0.3, 0.4) is 0 Å². The number of carbonyl (C=O) groups excluding carboxylic acids is 2. The van der Waals surface area contributed by atoms with Crippen LogP contribution in [0.1, 0.15) is 36.5 Å². The van der Waals surface area contributed by atoms with E-state index in [4.69, 9.17) is 0 Å². The Balaban J connectivity index is 0.00000220. The van der Waals surface area contributed by atoms with Gasteiger partial charge in [0.05, 0.1) is 18.2 Å². The molecule has 2 rings (SSSR count). The molecule has 5 nitrogen and oxygen atoms in total. The third-order valence-electron chi connectivity index (χ3n) is 3.68. The van der Waals surface area contributed by atoms with Crippen LogP contribution < -0.4 is 10.6 Å². The molecule has 0 spiro atoms. The first-order valence-corrected chi connectivity index (χ1v) is 6.80. The van der Waals surface area contributed by atoms with Crippen LogP contribution in [-0.2, 0) is 9.53 Å². The first-order chi connectivity index (χ1) is 9.55. The zero-order chi connectivity index (χ0) is 14.6. The summed E-state index contributed by atoms with van der Waals surface area (Å²) in [6.45, 7) is 2.79. The monoisotopic (exact) mass is 312 g/mol. The van der Waals surface area contributed by atoms with Crippen molar-refractivity contribution in [1.82, 2.24) is 5.32 Å². The predicted octanol–water partition coefficient (Wildman–Crippen LogP) is 2.37. The lowest BCUT2D eigenvalue weighted by molar-refractivity contribution is -0.122. The van der Waals surface area contributed by atoms with Crippen molar-refractivity contribution >= 4 is 30.0 Å². The van der Waals surface area contributed by atoms with Crippen LogP contribution in [0.15, 0.2) is 24.3 Å². The van der Waals surface area contributed by atoms with Gasteiger partial charge in [-0.2, -0.15) is 0 Å². The predicted molar refractivity (Wildman–Crippen MR) is 83.9 cm³/mol. The molecule has 0 saturated carbocycles. The molecule has 1 heterocycles. The standard InChI is InChI=1S/C15H20N2O3.ClH/c1-15(9-3-4-10-16-15)14(19)17-12-7-5-11(6-8-12)13(18)20-2;/h5-8,16H,3-4,9-10H2,1-2H3,(H,17,19);1H. The Labute approximate surface area is 130 Å². The van der Waals surface area contributed by atoms with Gasteiger partial charge >= 0.3 is 5.97 Å². The van der Waals surface area contributed by atoms with Gasteiger partial charge in [0, 0.05) is 5.69 Å². The normalized spacial score (nSPS) is 21.0. The summed E-state index contributed by atoms with van der Waals surface area (Å²) in [4.78, 5) is 23.6. The van der Waals surface area contributed by atoms with Gasteiger partial charge in [0.1, 0.15) is 0 Å². The third-order valence-corrected chi connectivity index (χ3v) is 3.68. The van der Waals surface area contributed by atoms with Crippen LogP contribution in [0.2, 0.25) is 0 Å². The molecule has 1 saturated heterocycles. The zero-order valence-corrected chi connectivity index (χ0v) is 13.1. The lowest BCUT2D eigenvalue weighted by atomic mass is 9.90. The third kappa shape index (κ3) is 4.19. The van der Waals surface area contributed by atoms with E-state index in [0.29, 0.717) is 11.3 Å². The van der Waals surface area contributed by atoms with Crippen molar-refractivity contribution in [2.75, 3.05) is 19.0 Å². The van der Waals surface area contributed by atoms with Gasteiger partial charge in [0.2, 0.25) is 5.91 Å². The first kappa shape index (κ1) is 17.5. The molecule has 21 heavy (non-hydrogen) atoms. The Morgan fingerprint density at radius 2 is 1.90 bits per heavy atom. The second-order valence-electron chi connectivity index (χ2n) is 5.24. The van der Waals surface area contributed by atoms with E-state index in [1.54, 1.807) is 24.3 Å². The van der Waals surface area contributed by atoms with E-state index >= 15 is 0 Å². The molecule has 1 aromatic carbocycles. The summed E-state index contributed by atoms with van der Waals surface area (Å²) in [5.74, 6) is -0.424. The summed E-state index contributed by atoms with van der Waals surface area (Å²) in [5, 5.41) is 6.15. The van der Waals surface area contributed by atoms with E-state index in [1.807, 2.05) is 6.92 Å². The maximum Gasteiger partial charge on any atom is 0.337 e. The summed E-state index contributed by atoms with van der Waals surface area (Å²) in [7, 11) is 1.34. The highest BCUT2D eigenvalue weighted by atomic mass is 35.5. The van der Waals surface area contributed by atoms with E-state index < -0.39 is 5.54 Å². The van der Waals surface area contributed by atoms with Crippen LogP contribution in [0.5, 0.6) is 0 Å². The molecule has 1 amide bonds. The van der Waals surface area contributed by atoms with Crippen LogP contribution >= 0.6 is 12.4 Å². The number of esters is 1. The van der Waals surface area contributed by atoms with Crippen molar-refractivity contribution in [2.45, 2.75) is 31.7 Å². The number of piperidine rings is 1. The minimum Gasteiger partial charge on any atom is -0.465 e. The second kappa shape index (κ2) is 7.43. The molecule has 1 unspecified atom stereocenters. The molecule has 6 heteroatoms. The summed E-state index contributed by atoms with van der Waals surface area (Å²) < 4.78 is 4.63. The number of anilines is 1.